The van der Waals surface area contributed by atoms with Crippen LogP contribution in [0, 0.1) is 5.82 Å². The average molecular weight is 460 g/mol. The molecule has 0 saturated carbocycles. The second-order valence-corrected chi connectivity index (χ2v) is 8.43. The Morgan fingerprint density at radius 2 is 1.79 bits per heavy atom. The number of anilines is 1. The van der Waals surface area contributed by atoms with Crippen LogP contribution in [-0.4, -0.2) is 28.9 Å². The van der Waals surface area contributed by atoms with Crippen molar-refractivity contribution in [2.24, 2.45) is 0 Å². The minimum atomic E-state index is -0.915. The minimum absolute atomic E-state index is 0.0400. The highest BCUT2D eigenvalue weighted by Crippen LogP contribution is 2.44. The molecule has 1 atom stereocenters. The first-order valence-electron chi connectivity index (χ1n) is 10.0. The van der Waals surface area contributed by atoms with Crippen molar-refractivity contribution in [3.8, 4) is 5.75 Å². The van der Waals surface area contributed by atoms with Gasteiger partial charge in [0.25, 0.3) is 5.78 Å². The van der Waals surface area contributed by atoms with E-state index >= 15 is 0 Å². The van der Waals surface area contributed by atoms with Crippen LogP contribution in [0.5, 0.6) is 5.75 Å². The van der Waals surface area contributed by atoms with E-state index in [0.29, 0.717) is 27.1 Å². The van der Waals surface area contributed by atoms with Crippen LogP contribution < -0.4 is 9.64 Å². The standard InChI is InChI=1S/C25H17FN2O4S/c1-32-17-10-7-14(8-11-17)21-20(22(29)15-5-3-2-4-6-15)23(30)24(31)28(21)25-27-18-12-9-16(26)13-19(18)33-25/h2-13,21,29H,1H3/b22-20+/t21-/m0/s1. The Kier molecular flexibility index (Phi) is 5.14. The predicted octanol–water partition coefficient (Wildman–Crippen LogP) is 5.07. The van der Waals surface area contributed by atoms with Gasteiger partial charge in [-0.25, -0.2) is 9.37 Å². The third-order valence-electron chi connectivity index (χ3n) is 5.47. The lowest BCUT2D eigenvalue weighted by Crippen LogP contribution is -2.29. The minimum Gasteiger partial charge on any atom is -0.507 e. The van der Waals surface area contributed by atoms with Crippen LogP contribution in [0.15, 0.2) is 78.4 Å². The molecule has 6 nitrogen and oxygen atoms in total. The summed E-state index contributed by atoms with van der Waals surface area (Å²) in [5, 5.41) is 11.3. The maximum atomic E-state index is 13.7. The van der Waals surface area contributed by atoms with E-state index in [0.717, 1.165) is 11.3 Å². The number of ketones is 1. The Hall–Kier alpha value is -4.04. The molecule has 0 bridgehead atoms. The number of aliphatic hydroxyl groups excluding tert-OH is 1. The maximum absolute atomic E-state index is 13.7. The van der Waals surface area contributed by atoms with E-state index in [9.17, 15) is 19.1 Å². The van der Waals surface area contributed by atoms with Crippen LogP contribution in [0.3, 0.4) is 0 Å². The molecule has 4 aromatic rings. The van der Waals surface area contributed by atoms with Gasteiger partial charge in [0.2, 0.25) is 0 Å². The Balaban J connectivity index is 1.72. The van der Waals surface area contributed by atoms with Crippen LogP contribution in [-0.2, 0) is 9.59 Å². The van der Waals surface area contributed by atoms with Crippen molar-refractivity contribution in [3.05, 3.63) is 95.3 Å². The van der Waals surface area contributed by atoms with Gasteiger partial charge in [0.05, 0.1) is 28.9 Å². The number of carbonyl (C=O) groups is 2. The maximum Gasteiger partial charge on any atom is 0.301 e. The number of methoxy groups -OCH3 is 1. The quantitative estimate of drug-likeness (QED) is 0.261. The third kappa shape index (κ3) is 3.54. The van der Waals surface area contributed by atoms with Crippen molar-refractivity contribution in [2.45, 2.75) is 6.04 Å². The van der Waals surface area contributed by atoms with Gasteiger partial charge in [-0.2, -0.15) is 0 Å². The molecular formula is C25H17FN2O4S. The summed E-state index contributed by atoms with van der Waals surface area (Å²) in [6.07, 6.45) is 0. The molecule has 2 heterocycles. The molecule has 164 valence electrons. The lowest BCUT2D eigenvalue weighted by atomic mass is 9.95. The molecule has 1 fully saturated rings. The molecule has 5 rings (SSSR count). The molecule has 8 heteroatoms. The molecule has 1 amide bonds. The zero-order valence-electron chi connectivity index (χ0n) is 17.4. The van der Waals surface area contributed by atoms with Gasteiger partial charge in [-0.15, -0.1) is 0 Å². The molecule has 1 N–H and O–H groups in total. The molecular weight excluding hydrogens is 443 g/mol. The summed E-state index contributed by atoms with van der Waals surface area (Å²) in [5.74, 6) is -1.72. The number of benzene rings is 3. The molecule has 0 aliphatic carbocycles. The largest absolute Gasteiger partial charge is 0.507 e. The third-order valence-corrected chi connectivity index (χ3v) is 6.49. The van der Waals surface area contributed by atoms with Crippen molar-refractivity contribution in [3.63, 3.8) is 0 Å². The topological polar surface area (TPSA) is 79.7 Å². The zero-order valence-corrected chi connectivity index (χ0v) is 18.2. The summed E-state index contributed by atoms with van der Waals surface area (Å²) in [5.41, 5.74) is 1.48. The van der Waals surface area contributed by atoms with Gasteiger partial charge in [-0.1, -0.05) is 53.8 Å². The highest BCUT2D eigenvalue weighted by Gasteiger charge is 2.48. The Labute approximate surface area is 192 Å². The van der Waals surface area contributed by atoms with Gasteiger partial charge >= 0.3 is 5.91 Å². The summed E-state index contributed by atoms with van der Waals surface area (Å²) < 4.78 is 19.5. The van der Waals surface area contributed by atoms with Crippen molar-refractivity contribution < 1.29 is 23.8 Å². The van der Waals surface area contributed by atoms with Crippen molar-refractivity contribution in [1.82, 2.24) is 4.98 Å². The summed E-state index contributed by atoms with van der Waals surface area (Å²) in [7, 11) is 1.54. The number of thiazole rings is 1. The normalized spacial score (nSPS) is 17.6. The molecule has 1 aliphatic rings. The number of ether oxygens (including phenoxy) is 1. The van der Waals surface area contributed by atoms with Crippen molar-refractivity contribution in [2.75, 3.05) is 12.0 Å². The zero-order chi connectivity index (χ0) is 23.1. The highest BCUT2D eigenvalue weighted by molar-refractivity contribution is 7.22. The monoisotopic (exact) mass is 460 g/mol. The fourth-order valence-corrected chi connectivity index (χ4v) is 4.89. The molecule has 0 spiro atoms. The summed E-state index contributed by atoms with van der Waals surface area (Å²) in [4.78, 5) is 32.1. The van der Waals surface area contributed by atoms with Crippen molar-refractivity contribution in [1.29, 1.82) is 0 Å². The van der Waals surface area contributed by atoms with E-state index < -0.39 is 23.5 Å². The number of aliphatic hydroxyl groups is 1. The Morgan fingerprint density at radius 3 is 2.48 bits per heavy atom. The summed E-state index contributed by atoms with van der Waals surface area (Å²) in [6.45, 7) is 0. The Bertz CT molecular complexity index is 1410. The van der Waals surface area contributed by atoms with E-state index in [4.69, 9.17) is 4.74 Å². The second-order valence-electron chi connectivity index (χ2n) is 7.42. The SMILES string of the molecule is COc1ccc([C@H]2/C(=C(\O)c3ccccc3)C(=O)C(=O)N2c2nc3ccc(F)cc3s2)cc1. The fraction of sp³-hybridized carbons (Fsp3) is 0.0800. The summed E-state index contributed by atoms with van der Waals surface area (Å²) >= 11 is 1.10. The van der Waals surface area contributed by atoms with Gasteiger partial charge in [0.15, 0.2) is 5.13 Å². The van der Waals surface area contributed by atoms with Crippen LogP contribution in [0.2, 0.25) is 0 Å². The van der Waals surface area contributed by atoms with Crippen LogP contribution in [0.4, 0.5) is 9.52 Å². The number of carbonyl (C=O) groups excluding carboxylic acids is 2. The van der Waals surface area contributed by atoms with Gasteiger partial charge in [-0.3, -0.25) is 14.5 Å². The number of rotatable bonds is 4. The number of halogens is 1. The van der Waals surface area contributed by atoms with Gasteiger partial charge in [0, 0.05) is 5.56 Å². The van der Waals surface area contributed by atoms with E-state index in [-0.39, 0.29) is 16.5 Å². The lowest BCUT2D eigenvalue weighted by Gasteiger charge is -2.23. The van der Waals surface area contributed by atoms with E-state index in [1.54, 1.807) is 54.6 Å². The van der Waals surface area contributed by atoms with Crippen LogP contribution in [0.1, 0.15) is 17.2 Å². The molecule has 1 aliphatic heterocycles. The number of Topliss-reactive ketones (excluding diaryl/α,β-unsaturated/α-hetero) is 1. The van der Waals surface area contributed by atoms with E-state index in [1.165, 1.54) is 30.2 Å². The molecule has 1 saturated heterocycles. The van der Waals surface area contributed by atoms with Crippen LogP contribution >= 0.6 is 11.3 Å². The second kappa shape index (κ2) is 8.14. The summed E-state index contributed by atoms with van der Waals surface area (Å²) in [6, 6.07) is 18.7. The molecule has 33 heavy (non-hydrogen) atoms. The fourth-order valence-electron chi connectivity index (χ4n) is 3.87. The van der Waals surface area contributed by atoms with Crippen LogP contribution in [0.25, 0.3) is 16.0 Å². The molecule has 0 unspecified atom stereocenters. The number of fused-ring (bicyclic) bond motifs is 1. The van der Waals surface area contributed by atoms with Gasteiger partial charge < -0.3 is 9.84 Å². The molecule has 1 aromatic heterocycles. The first-order chi connectivity index (χ1) is 16.0. The first-order valence-corrected chi connectivity index (χ1v) is 10.9. The number of nitrogens with zero attached hydrogens (tertiary/aromatic N) is 2. The lowest BCUT2D eigenvalue weighted by molar-refractivity contribution is -0.132. The molecule has 0 radical (unpaired) electrons. The molecule has 3 aromatic carbocycles. The number of aromatic nitrogens is 1. The Morgan fingerprint density at radius 1 is 1.06 bits per heavy atom. The predicted molar refractivity (Wildman–Crippen MR) is 124 cm³/mol. The number of amides is 1. The van der Waals surface area contributed by atoms with E-state index in [2.05, 4.69) is 4.98 Å². The van der Waals surface area contributed by atoms with E-state index in [1.807, 2.05) is 0 Å². The van der Waals surface area contributed by atoms with Crippen molar-refractivity contribution >= 4 is 44.1 Å². The smallest absolute Gasteiger partial charge is 0.301 e. The number of hydrogen-bond donors (Lipinski definition) is 1. The average Bonchev–Trinajstić information content (AvgIpc) is 3.37. The first kappa shape index (κ1) is 20.8. The van der Waals surface area contributed by atoms with Gasteiger partial charge in [0.1, 0.15) is 17.3 Å². The number of hydrogen-bond acceptors (Lipinski definition) is 6. The van der Waals surface area contributed by atoms with Gasteiger partial charge in [-0.05, 0) is 35.9 Å². The highest BCUT2D eigenvalue weighted by atomic mass is 32.1.